The van der Waals surface area contributed by atoms with E-state index in [1.54, 1.807) is 12.2 Å². The molecule has 1 aliphatic rings. The minimum atomic E-state index is -0.754. The van der Waals surface area contributed by atoms with Gasteiger partial charge >= 0.3 is 5.97 Å². The molecule has 0 saturated carbocycles. The third-order valence-corrected chi connectivity index (χ3v) is 3.85. The molecule has 0 radical (unpaired) electrons. The van der Waals surface area contributed by atoms with Crippen molar-refractivity contribution in [2.75, 3.05) is 0 Å². The Morgan fingerprint density at radius 2 is 2.14 bits per heavy atom. The molecule has 0 bridgehead atoms. The number of carboxylic acid groups (broad SMARTS) is 1. The van der Waals surface area contributed by atoms with Gasteiger partial charge in [0.1, 0.15) is 0 Å². The second-order valence-corrected chi connectivity index (χ2v) is 5.65. The summed E-state index contributed by atoms with van der Waals surface area (Å²) in [6, 6.07) is 0. The molecule has 0 heterocycles. The number of carbonyl (C=O) groups excluding carboxylic acids is 1. The van der Waals surface area contributed by atoms with Crippen LogP contribution in [0.2, 0.25) is 0 Å². The van der Waals surface area contributed by atoms with Crippen molar-refractivity contribution < 1.29 is 19.8 Å². The summed E-state index contributed by atoms with van der Waals surface area (Å²) in [6.45, 7) is 1.91. The summed E-state index contributed by atoms with van der Waals surface area (Å²) in [5.74, 6) is -0.632. The predicted molar refractivity (Wildman–Crippen MR) is 86.4 cm³/mol. The summed E-state index contributed by atoms with van der Waals surface area (Å²) < 4.78 is 0. The lowest BCUT2D eigenvalue weighted by Crippen LogP contribution is -2.14. The largest absolute Gasteiger partial charge is 0.481 e. The second-order valence-electron chi connectivity index (χ2n) is 5.65. The maximum atomic E-state index is 11.9. The maximum Gasteiger partial charge on any atom is 0.303 e. The highest BCUT2D eigenvalue weighted by molar-refractivity contribution is 5.95. The third kappa shape index (κ3) is 6.85. The molecule has 22 heavy (non-hydrogen) atoms. The third-order valence-electron chi connectivity index (χ3n) is 3.85. The standard InChI is InChI=1S/C18H26O4/c1-2-15(19)12-10-14-11-13-17(20)16(14)8-6-4-3-5-7-9-18(21)22/h4,6,10-16,19H,2-3,5,7-9H2,1H3,(H,21,22)/b6-4-,12-10+/t14-,15+,16-/m0/s1. The Morgan fingerprint density at radius 3 is 2.82 bits per heavy atom. The van der Waals surface area contributed by atoms with E-state index in [0.717, 1.165) is 12.8 Å². The van der Waals surface area contributed by atoms with Gasteiger partial charge in [0.2, 0.25) is 0 Å². The average Bonchev–Trinajstić information content (AvgIpc) is 2.84. The highest BCUT2D eigenvalue weighted by Crippen LogP contribution is 2.27. The lowest BCUT2D eigenvalue weighted by Gasteiger charge is -2.13. The van der Waals surface area contributed by atoms with E-state index in [-0.39, 0.29) is 24.0 Å². The van der Waals surface area contributed by atoms with Gasteiger partial charge in [0.15, 0.2) is 5.78 Å². The Kier molecular flexibility index (Phi) is 8.44. The topological polar surface area (TPSA) is 74.6 Å². The van der Waals surface area contributed by atoms with E-state index in [9.17, 15) is 14.7 Å². The van der Waals surface area contributed by atoms with Crippen molar-refractivity contribution in [3.63, 3.8) is 0 Å². The number of hydrogen-bond acceptors (Lipinski definition) is 3. The van der Waals surface area contributed by atoms with Crippen LogP contribution < -0.4 is 0 Å². The summed E-state index contributed by atoms with van der Waals surface area (Å²) >= 11 is 0. The van der Waals surface area contributed by atoms with Gasteiger partial charge in [-0.2, -0.15) is 0 Å². The molecule has 0 fully saturated rings. The highest BCUT2D eigenvalue weighted by Gasteiger charge is 2.26. The zero-order chi connectivity index (χ0) is 16.4. The van der Waals surface area contributed by atoms with Crippen molar-refractivity contribution in [1.82, 2.24) is 0 Å². The van der Waals surface area contributed by atoms with Crippen LogP contribution in [0.1, 0.15) is 45.4 Å². The number of aliphatic hydroxyl groups excluding tert-OH is 1. The first-order valence-electron chi connectivity index (χ1n) is 7.99. The summed E-state index contributed by atoms with van der Waals surface area (Å²) in [5.41, 5.74) is 0. The number of rotatable bonds is 10. The fourth-order valence-corrected chi connectivity index (χ4v) is 2.42. The quantitative estimate of drug-likeness (QED) is 0.480. The molecule has 122 valence electrons. The number of allylic oxidation sites excluding steroid dienone is 5. The SMILES string of the molecule is CC[C@@H](O)/C=C/[C@H]1C=CC(=O)[C@H]1C/C=C\CCCCC(=O)O. The molecule has 1 aliphatic carbocycles. The Bertz CT molecular complexity index is 448. The van der Waals surface area contributed by atoms with Crippen LogP contribution in [0.5, 0.6) is 0 Å². The molecule has 0 spiro atoms. The number of ketones is 1. The normalized spacial score (nSPS) is 22.9. The molecule has 1 rings (SSSR count). The molecule has 4 nitrogen and oxygen atoms in total. The van der Waals surface area contributed by atoms with E-state index >= 15 is 0 Å². The minimum absolute atomic E-state index is 0.0605. The maximum absolute atomic E-state index is 11.9. The van der Waals surface area contributed by atoms with Crippen molar-refractivity contribution in [1.29, 1.82) is 0 Å². The molecule has 0 unspecified atom stereocenters. The first kappa shape index (κ1) is 18.4. The molecule has 0 saturated heterocycles. The highest BCUT2D eigenvalue weighted by atomic mass is 16.4. The number of aliphatic hydroxyl groups is 1. The number of hydrogen-bond donors (Lipinski definition) is 2. The van der Waals surface area contributed by atoms with Crippen molar-refractivity contribution >= 4 is 11.8 Å². The van der Waals surface area contributed by atoms with Crippen LogP contribution in [0, 0.1) is 11.8 Å². The first-order valence-corrected chi connectivity index (χ1v) is 7.99. The summed E-state index contributed by atoms with van der Waals surface area (Å²) in [5, 5.41) is 18.1. The molecule has 0 aliphatic heterocycles. The predicted octanol–water partition coefficient (Wildman–Crippen LogP) is 3.28. The van der Waals surface area contributed by atoms with Gasteiger partial charge in [-0.15, -0.1) is 0 Å². The van der Waals surface area contributed by atoms with E-state index in [0.29, 0.717) is 19.3 Å². The number of carboxylic acids is 1. The van der Waals surface area contributed by atoms with E-state index in [4.69, 9.17) is 5.11 Å². The molecule has 0 aromatic rings. The van der Waals surface area contributed by atoms with E-state index in [1.807, 2.05) is 31.2 Å². The fourth-order valence-electron chi connectivity index (χ4n) is 2.42. The van der Waals surface area contributed by atoms with E-state index in [1.165, 1.54) is 0 Å². The van der Waals surface area contributed by atoms with Crippen LogP contribution in [0.25, 0.3) is 0 Å². The molecule has 0 amide bonds. The second kappa shape index (κ2) is 10.1. The van der Waals surface area contributed by atoms with Crippen LogP contribution in [0.3, 0.4) is 0 Å². The van der Waals surface area contributed by atoms with Crippen molar-refractivity contribution in [3.05, 3.63) is 36.5 Å². The van der Waals surface area contributed by atoms with Gasteiger partial charge in [0, 0.05) is 18.3 Å². The van der Waals surface area contributed by atoms with Gasteiger partial charge in [-0.25, -0.2) is 0 Å². The Hall–Kier alpha value is -1.68. The first-order chi connectivity index (χ1) is 10.5. The summed E-state index contributed by atoms with van der Waals surface area (Å²) in [7, 11) is 0. The van der Waals surface area contributed by atoms with Crippen molar-refractivity contribution in [2.45, 2.75) is 51.6 Å². The zero-order valence-corrected chi connectivity index (χ0v) is 13.1. The molecule has 3 atom stereocenters. The lowest BCUT2D eigenvalue weighted by atomic mass is 9.90. The van der Waals surface area contributed by atoms with Crippen molar-refractivity contribution in [2.24, 2.45) is 11.8 Å². The Labute approximate surface area is 132 Å². The summed E-state index contributed by atoms with van der Waals surface area (Å²) in [6.07, 6.45) is 14.7. The Morgan fingerprint density at radius 1 is 1.36 bits per heavy atom. The van der Waals surface area contributed by atoms with Gasteiger partial charge in [0.25, 0.3) is 0 Å². The lowest BCUT2D eigenvalue weighted by molar-refractivity contribution is -0.137. The van der Waals surface area contributed by atoms with Crippen LogP contribution in [-0.2, 0) is 9.59 Å². The molecule has 0 aromatic carbocycles. The molecular weight excluding hydrogens is 280 g/mol. The van der Waals surface area contributed by atoms with E-state index in [2.05, 4.69) is 0 Å². The van der Waals surface area contributed by atoms with Crippen LogP contribution >= 0.6 is 0 Å². The zero-order valence-electron chi connectivity index (χ0n) is 13.1. The Balaban J connectivity index is 2.34. The van der Waals surface area contributed by atoms with Gasteiger partial charge in [0.05, 0.1) is 6.10 Å². The molecule has 4 heteroatoms. The fraction of sp³-hybridized carbons (Fsp3) is 0.556. The number of aliphatic carboxylic acids is 1. The van der Waals surface area contributed by atoms with Crippen LogP contribution in [-0.4, -0.2) is 28.1 Å². The minimum Gasteiger partial charge on any atom is -0.481 e. The smallest absolute Gasteiger partial charge is 0.303 e. The van der Waals surface area contributed by atoms with Gasteiger partial charge in [-0.05, 0) is 38.2 Å². The monoisotopic (exact) mass is 306 g/mol. The van der Waals surface area contributed by atoms with Gasteiger partial charge in [-0.1, -0.05) is 37.3 Å². The van der Waals surface area contributed by atoms with E-state index < -0.39 is 12.1 Å². The van der Waals surface area contributed by atoms with Gasteiger partial charge < -0.3 is 10.2 Å². The molecule has 0 aromatic heterocycles. The number of unbranched alkanes of at least 4 members (excludes halogenated alkanes) is 2. The summed E-state index contributed by atoms with van der Waals surface area (Å²) in [4.78, 5) is 22.2. The molecule has 2 N–H and O–H groups in total. The molecular formula is C18H26O4. The van der Waals surface area contributed by atoms with Crippen molar-refractivity contribution in [3.8, 4) is 0 Å². The van der Waals surface area contributed by atoms with Gasteiger partial charge in [-0.3, -0.25) is 9.59 Å². The van der Waals surface area contributed by atoms with Crippen LogP contribution in [0.15, 0.2) is 36.5 Å². The average molecular weight is 306 g/mol. The van der Waals surface area contributed by atoms with Crippen LogP contribution in [0.4, 0.5) is 0 Å². The number of carbonyl (C=O) groups is 2.